The molecule has 0 radical (unpaired) electrons. The van der Waals surface area contributed by atoms with Crippen LogP contribution < -0.4 is 0 Å². The minimum atomic E-state index is -1.29. The SMILES string of the molecule is CC=CC=CCOC(=O)C1=C(C)N(Cl)C(C)=C(C(=O)O)C1c1cccc([N+](=O)[O-])c1. The van der Waals surface area contributed by atoms with E-state index >= 15 is 0 Å². The molecule has 1 aliphatic heterocycles. The Morgan fingerprint density at radius 3 is 2.53 bits per heavy atom. The second-order valence-corrected chi connectivity index (χ2v) is 6.76. The number of halogens is 1. The van der Waals surface area contributed by atoms with Gasteiger partial charge < -0.3 is 9.84 Å². The van der Waals surface area contributed by atoms with Crippen molar-refractivity contribution in [1.29, 1.82) is 0 Å². The molecule has 0 aromatic heterocycles. The largest absolute Gasteiger partial charge is 0.478 e. The van der Waals surface area contributed by atoms with Crippen molar-refractivity contribution in [3.63, 3.8) is 0 Å². The summed E-state index contributed by atoms with van der Waals surface area (Å²) in [6.45, 7) is 4.88. The Morgan fingerprint density at radius 2 is 1.93 bits per heavy atom. The molecule has 2 rings (SSSR count). The molecule has 1 unspecified atom stereocenters. The first kappa shape index (κ1) is 22.9. The number of esters is 1. The van der Waals surface area contributed by atoms with Crippen LogP contribution in [-0.2, 0) is 14.3 Å². The zero-order valence-electron chi connectivity index (χ0n) is 16.7. The zero-order valence-corrected chi connectivity index (χ0v) is 17.4. The van der Waals surface area contributed by atoms with Crippen molar-refractivity contribution in [3.8, 4) is 0 Å². The van der Waals surface area contributed by atoms with Gasteiger partial charge in [0.15, 0.2) is 0 Å². The van der Waals surface area contributed by atoms with Crippen LogP contribution in [0.4, 0.5) is 5.69 Å². The highest BCUT2D eigenvalue weighted by Gasteiger charge is 2.40. The average Bonchev–Trinajstić information content (AvgIpc) is 2.71. The molecule has 0 spiro atoms. The third kappa shape index (κ3) is 4.77. The lowest BCUT2D eigenvalue weighted by atomic mass is 9.80. The van der Waals surface area contributed by atoms with Crippen LogP contribution in [0, 0.1) is 10.1 Å². The summed E-state index contributed by atoms with van der Waals surface area (Å²) in [5, 5.41) is 21.0. The van der Waals surface area contributed by atoms with Gasteiger partial charge in [-0.05, 0) is 32.4 Å². The first-order valence-corrected chi connectivity index (χ1v) is 9.34. The Hall–Kier alpha value is -3.39. The highest BCUT2D eigenvalue weighted by Crippen LogP contribution is 2.43. The molecular weight excluding hydrogens is 412 g/mol. The van der Waals surface area contributed by atoms with Gasteiger partial charge in [-0.15, -0.1) is 0 Å². The normalized spacial score (nSPS) is 17.2. The van der Waals surface area contributed by atoms with Gasteiger partial charge in [-0.1, -0.05) is 30.4 Å². The number of carboxylic acids is 1. The van der Waals surface area contributed by atoms with E-state index in [9.17, 15) is 24.8 Å². The molecule has 1 atom stereocenters. The number of carbonyl (C=O) groups is 2. The lowest BCUT2D eigenvalue weighted by Crippen LogP contribution is -2.31. The van der Waals surface area contributed by atoms with Gasteiger partial charge in [0.25, 0.3) is 5.69 Å². The number of nitro benzene ring substituents is 1. The van der Waals surface area contributed by atoms with Gasteiger partial charge in [0.05, 0.1) is 22.0 Å². The van der Waals surface area contributed by atoms with Crippen LogP contribution in [0.5, 0.6) is 0 Å². The monoisotopic (exact) mass is 432 g/mol. The maximum absolute atomic E-state index is 12.9. The van der Waals surface area contributed by atoms with Gasteiger partial charge in [0, 0.05) is 35.3 Å². The number of hydrogen-bond donors (Lipinski definition) is 1. The highest BCUT2D eigenvalue weighted by atomic mass is 35.5. The smallest absolute Gasteiger partial charge is 0.337 e. The Balaban J connectivity index is 2.58. The number of hydrogen-bond acceptors (Lipinski definition) is 6. The molecule has 1 aromatic rings. The first-order chi connectivity index (χ1) is 14.2. The lowest BCUT2D eigenvalue weighted by molar-refractivity contribution is -0.384. The van der Waals surface area contributed by atoms with E-state index in [2.05, 4.69) is 0 Å². The highest BCUT2D eigenvalue weighted by molar-refractivity contribution is 6.17. The molecule has 0 saturated carbocycles. The summed E-state index contributed by atoms with van der Waals surface area (Å²) in [5.41, 5.74) is 0.408. The number of allylic oxidation sites excluding steroid dienone is 5. The molecule has 9 heteroatoms. The van der Waals surface area contributed by atoms with Crippen LogP contribution in [0.1, 0.15) is 32.3 Å². The number of ether oxygens (including phenoxy) is 1. The van der Waals surface area contributed by atoms with Gasteiger partial charge in [-0.25, -0.2) is 9.59 Å². The Kier molecular flexibility index (Phi) is 7.54. The van der Waals surface area contributed by atoms with Gasteiger partial charge in [0.1, 0.15) is 6.61 Å². The lowest BCUT2D eigenvalue weighted by Gasteiger charge is -2.33. The molecule has 0 amide bonds. The summed E-state index contributed by atoms with van der Waals surface area (Å²) in [7, 11) is 0. The predicted molar refractivity (Wildman–Crippen MR) is 111 cm³/mol. The summed E-state index contributed by atoms with van der Waals surface area (Å²) >= 11 is 6.25. The number of aliphatic carboxylic acids is 1. The van der Waals surface area contributed by atoms with Gasteiger partial charge in [0.2, 0.25) is 0 Å². The minimum Gasteiger partial charge on any atom is -0.478 e. The van der Waals surface area contributed by atoms with Crippen molar-refractivity contribution in [2.24, 2.45) is 0 Å². The van der Waals surface area contributed by atoms with Gasteiger partial charge in [-0.2, -0.15) is 0 Å². The topological polar surface area (TPSA) is 110 Å². The molecule has 8 nitrogen and oxygen atoms in total. The van der Waals surface area contributed by atoms with Crippen molar-refractivity contribution in [1.82, 2.24) is 4.42 Å². The van der Waals surface area contributed by atoms with Crippen LogP contribution in [0.3, 0.4) is 0 Å². The summed E-state index contributed by atoms with van der Waals surface area (Å²) in [4.78, 5) is 35.6. The van der Waals surface area contributed by atoms with Crippen LogP contribution >= 0.6 is 11.8 Å². The molecule has 1 aliphatic rings. The molecular formula is C21H21ClN2O6. The van der Waals surface area contributed by atoms with E-state index in [-0.39, 0.29) is 40.4 Å². The van der Waals surface area contributed by atoms with Crippen LogP contribution in [0.25, 0.3) is 0 Å². The number of rotatable bonds is 7. The van der Waals surface area contributed by atoms with Crippen molar-refractivity contribution in [3.05, 3.63) is 86.8 Å². The molecule has 1 aromatic carbocycles. The number of nitro groups is 1. The summed E-state index contributed by atoms with van der Waals surface area (Å²) < 4.78 is 6.37. The summed E-state index contributed by atoms with van der Waals surface area (Å²) in [5.74, 6) is -3.13. The van der Waals surface area contributed by atoms with Crippen molar-refractivity contribution in [2.75, 3.05) is 6.61 Å². The molecule has 0 saturated heterocycles. The molecule has 158 valence electrons. The van der Waals surface area contributed by atoms with Gasteiger partial charge in [-0.3, -0.25) is 14.5 Å². The number of carbonyl (C=O) groups excluding carboxylic acids is 1. The van der Waals surface area contributed by atoms with Crippen molar-refractivity contribution in [2.45, 2.75) is 26.7 Å². The number of non-ortho nitro benzene ring substituents is 1. The minimum absolute atomic E-state index is 0.00734. The van der Waals surface area contributed by atoms with E-state index in [4.69, 9.17) is 16.5 Å². The Labute approximate surface area is 178 Å². The van der Waals surface area contributed by atoms with E-state index in [0.29, 0.717) is 0 Å². The third-order valence-electron chi connectivity index (χ3n) is 4.56. The van der Waals surface area contributed by atoms with Crippen molar-refractivity contribution < 1.29 is 24.4 Å². The van der Waals surface area contributed by atoms with Crippen molar-refractivity contribution >= 4 is 29.4 Å². The molecule has 0 fully saturated rings. The maximum atomic E-state index is 12.9. The molecule has 30 heavy (non-hydrogen) atoms. The quantitative estimate of drug-likeness (QED) is 0.223. The summed E-state index contributed by atoms with van der Waals surface area (Å²) in [6, 6.07) is 5.51. The van der Waals surface area contributed by atoms with Crippen LogP contribution in [-0.4, -0.2) is 33.0 Å². The fourth-order valence-electron chi connectivity index (χ4n) is 3.17. The standard InChI is InChI=1S/C21H21ClN2O6/c1-4-5-6-7-11-30-21(27)18-14(3)23(22)13(2)17(20(25)26)19(18)15-9-8-10-16(12-15)24(28)29/h4-10,12,19H,11H2,1-3H3,(H,25,26). The van der Waals surface area contributed by atoms with E-state index in [1.54, 1.807) is 25.2 Å². The molecule has 0 bridgehead atoms. The predicted octanol–water partition coefficient (Wildman–Crippen LogP) is 4.46. The number of benzene rings is 1. The van der Waals surface area contributed by atoms with Gasteiger partial charge >= 0.3 is 11.9 Å². The van der Waals surface area contributed by atoms with E-state index in [1.165, 1.54) is 31.2 Å². The first-order valence-electron chi connectivity index (χ1n) is 9.00. The maximum Gasteiger partial charge on any atom is 0.337 e. The van der Waals surface area contributed by atoms with Crippen LogP contribution in [0.15, 0.2) is 71.1 Å². The molecule has 1 N–H and O–H groups in total. The Morgan fingerprint density at radius 1 is 1.27 bits per heavy atom. The Bertz CT molecular complexity index is 993. The van der Waals surface area contributed by atoms with E-state index in [0.717, 1.165) is 4.42 Å². The third-order valence-corrected chi connectivity index (χ3v) is 5.07. The zero-order chi connectivity index (χ0) is 22.4. The second kappa shape index (κ2) is 9.89. The fraction of sp³-hybridized carbons (Fsp3) is 0.238. The molecule has 0 aliphatic carbocycles. The van der Waals surface area contributed by atoms with E-state index < -0.39 is 22.8 Å². The molecule has 1 heterocycles. The fourth-order valence-corrected chi connectivity index (χ4v) is 3.35. The second-order valence-electron chi connectivity index (χ2n) is 6.42. The van der Waals surface area contributed by atoms with Crippen LogP contribution in [0.2, 0.25) is 0 Å². The average molecular weight is 433 g/mol. The number of carboxylic acid groups (broad SMARTS) is 1. The van der Waals surface area contributed by atoms with E-state index in [1.807, 2.05) is 13.0 Å². The summed E-state index contributed by atoms with van der Waals surface area (Å²) in [6.07, 6.45) is 6.90. The number of nitrogens with zero attached hydrogens (tertiary/aromatic N) is 2.